The Morgan fingerprint density at radius 3 is 2.82 bits per heavy atom. The monoisotopic (exact) mass is 187 g/mol. The zero-order chi connectivity index (χ0) is 7.84. The topological polar surface area (TPSA) is 12.0 Å². The van der Waals surface area contributed by atoms with Gasteiger partial charge in [-0.2, -0.15) is 0 Å². The molecular formula is C8H7Cl2N. The minimum atomic E-state index is 0.720. The van der Waals surface area contributed by atoms with Crippen molar-refractivity contribution in [2.45, 2.75) is 13.1 Å². The van der Waals surface area contributed by atoms with Gasteiger partial charge in [0.25, 0.3) is 0 Å². The van der Waals surface area contributed by atoms with Crippen molar-refractivity contribution in [2.75, 3.05) is 0 Å². The number of nitrogens with one attached hydrogen (secondary N) is 1. The van der Waals surface area contributed by atoms with E-state index in [1.807, 2.05) is 6.07 Å². The molecule has 2 rings (SSSR count). The standard InChI is InChI=1S/C8H7Cl2N/c9-6-1-5-3-11-4-7(5)8(10)2-6/h1-2,11H,3-4H2. The molecule has 0 radical (unpaired) electrons. The first-order chi connectivity index (χ1) is 5.27. The van der Waals surface area contributed by atoms with Crippen molar-refractivity contribution in [3.63, 3.8) is 0 Å². The molecule has 0 fully saturated rings. The number of rotatable bonds is 0. The van der Waals surface area contributed by atoms with Crippen molar-refractivity contribution in [3.8, 4) is 0 Å². The lowest BCUT2D eigenvalue weighted by Gasteiger charge is -2.00. The van der Waals surface area contributed by atoms with Crippen molar-refractivity contribution < 1.29 is 0 Å². The van der Waals surface area contributed by atoms with Gasteiger partial charge in [-0.1, -0.05) is 23.2 Å². The molecule has 0 saturated heterocycles. The summed E-state index contributed by atoms with van der Waals surface area (Å²) in [6.07, 6.45) is 0. The van der Waals surface area contributed by atoms with Crippen molar-refractivity contribution in [1.29, 1.82) is 0 Å². The van der Waals surface area contributed by atoms with Gasteiger partial charge < -0.3 is 5.32 Å². The summed E-state index contributed by atoms with van der Waals surface area (Å²) in [7, 11) is 0. The van der Waals surface area contributed by atoms with E-state index in [1.54, 1.807) is 6.07 Å². The van der Waals surface area contributed by atoms with Crippen LogP contribution in [0, 0.1) is 0 Å². The molecule has 0 unspecified atom stereocenters. The molecule has 58 valence electrons. The molecule has 3 heteroatoms. The highest BCUT2D eigenvalue weighted by molar-refractivity contribution is 6.35. The van der Waals surface area contributed by atoms with E-state index >= 15 is 0 Å². The maximum Gasteiger partial charge on any atom is 0.0469 e. The first-order valence-electron chi connectivity index (χ1n) is 3.45. The van der Waals surface area contributed by atoms with E-state index in [0.29, 0.717) is 0 Å². The molecule has 1 nitrogen and oxygen atoms in total. The lowest BCUT2D eigenvalue weighted by atomic mass is 10.1. The quantitative estimate of drug-likeness (QED) is 0.659. The summed E-state index contributed by atoms with van der Waals surface area (Å²) >= 11 is 11.8. The van der Waals surface area contributed by atoms with E-state index in [4.69, 9.17) is 23.2 Å². The molecule has 1 heterocycles. The van der Waals surface area contributed by atoms with Crippen molar-refractivity contribution >= 4 is 23.2 Å². The summed E-state index contributed by atoms with van der Waals surface area (Å²) in [5.41, 5.74) is 2.42. The highest BCUT2D eigenvalue weighted by Crippen LogP contribution is 2.27. The van der Waals surface area contributed by atoms with Crippen LogP contribution in [0.5, 0.6) is 0 Å². The van der Waals surface area contributed by atoms with Crippen LogP contribution in [-0.2, 0) is 13.1 Å². The van der Waals surface area contributed by atoms with E-state index < -0.39 is 0 Å². The predicted octanol–water partition coefficient (Wildman–Crippen LogP) is 2.60. The van der Waals surface area contributed by atoms with E-state index in [1.165, 1.54) is 11.1 Å². The second kappa shape index (κ2) is 2.67. The molecular weight excluding hydrogens is 181 g/mol. The molecule has 1 aliphatic heterocycles. The Kier molecular flexibility index (Phi) is 1.80. The number of hydrogen-bond acceptors (Lipinski definition) is 1. The molecule has 0 spiro atoms. The Morgan fingerprint density at radius 1 is 1.18 bits per heavy atom. The fraction of sp³-hybridized carbons (Fsp3) is 0.250. The Morgan fingerprint density at radius 2 is 2.00 bits per heavy atom. The molecule has 0 amide bonds. The minimum Gasteiger partial charge on any atom is -0.309 e. The first-order valence-corrected chi connectivity index (χ1v) is 4.20. The molecule has 11 heavy (non-hydrogen) atoms. The van der Waals surface area contributed by atoms with E-state index in [9.17, 15) is 0 Å². The van der Waals surface area contributed by atoms with Crippen LogP contribution in [0.2, 0.25) is 10.0 Å². The summed E-state index contributed by atoms with van der Waals surface area (Å²) in [6, 6.07) is 3.75. The van der Waals surface area contributed by atoms with Crippen LogP contribution >= 0.6 is 23.2 Å². The number of halogens is 2. The van der Waals surface area contributed by atoms with Gasteiger partial charge in [-0.25, -0.2) is 0 Å². The van der Waals surface area contributed by atoms with Gasteiger partial charge in [-0.05, 0) is 23.3 Å². The van der Waals surface area contributed by atoms with Gasteiger partial charge in [0.2, 0.25) is 0 Å². The third kappa shape index (κ3) is 1.24. The molecule has 1 aromatic rings. The van der Waals surface area contributed by atoms with Gasteiger partial charge >= 0.3 is 0 Å². The van der Waals surface area contributed by atoms with Crippen molar-refractivity contribution in [2.24, 2.45) is 0 Å². The molecule has 0 aromatic heterocycles. The largest absolute Gasteiger partial charge is 0.309 e. The third-order valence-electron chi connectivity index (χ3n) is 1.87. The number of benzene rings is 1. The van der Waals surface area contributed by atoms with Gasteiger partial charge in [-0.3, -0.25) is 0 Å². The van der Waals surface area contributed by atoms with Crippen LogP contribution in [0.3, 0.4) is 0 Å². The highest BCUT2D eigenvalue weighted by Gasteiger charge is 2.13. The van der Waals surface area contributed by atoms with E-state index in [-0.39, 0.29) is 0 Å². The van der Waals surface area contributed by atoms with E-state index in [2.05, 4.69) is 5.32 Å². The highest BCUT2D eigenvalue weighted by atomic mass is 35.5. The van der Waals surface area contributed by atoms with E-state index in [0.717, 1.165) is 23.1 Å². The molecule has 0 aliphatic carbocycles. The molecule has 1 N–H and O–H groups in total. The Hall–Kier alpha value is -0.240. The second-order valence-corrected chi connectivity index (χ2v) is 3.47. The maximum absolute atomic E-state index is 5.95. The first kappa shape index (κ1) is 7.41. The van der Waals surface area contributed by atoms with Crippen LogP contribution in [0.25, 0.3) is 0 Å². The zero-order valence-corrected chi connectivity index (χ0v) is 7.34. The molecule has 0 bridgehead atoms. The number of fused-ring (bicyclic) bond motifs is 1. The van der Waals surface area contributed by atoms with Crippen molar-refractivity contribution in [1.82, 2.24) is 5.32 Å². The van der Waals surface area contributed by atoms with Gasteiger partial charge in [-0.15, -0.1) is 0 Å². The van der Waals surface area contributed by atoms with Crippen LogP contribution < -0.4 is 5.32 Å². The SMILES string of the molecule is Clc1cc(Cl)c2c(c1)CNC2. The van der Waals surface area contributed by atoms with Crippen LogP contribution in [-0.4, -0.2) is 0 Å². The van der Waals surface area contributed by atoms with Gasteiger partial charge in [0.1, 0.15) is 0 Å². The fourth-order valence-electron chi connectivity index (χ4n) is 1.33. The Labute approximate surface area is 75.3 Å². The molecule has 1 aliphatic rings. The number of hydrogen-bond donors (Lipinski definition) is 1. The third-order valence-corrected chi connectivity index (χ3v) is 2.43. The average Bonchev–Trinajstić information content (AvgIpc) is 2.34. The normalized spacial score (nSPS) is 15.1. The van der Waals surface area contributed by atoms with Crippen LogP contribution in [0.15, 0.2) is 12.1 Å². The molecule has 0 saturated carbocycles. The maximum atomic E-state index is 5.95. The Bertz CT molecular complexity index is 296. The van der Waals surface area contributed by atoms with Gasteiger partial charge in [0.05, 0.1) is 0 Å². The summed E-state index contributed by atoms with van der Waals surface area (Å²) in [5.74, 6) is 0. The van der Waals surface area contributed by atoms with Crippen LogP contribution in [0.1, 0.15) is 11.1 Å². The summed E-state index contributed by atoms with van der Waals surface area (Å²) in [6.45, 7) is 1.75. The summed E-state index contributed by atoms with van der Waals surface area (Å²) in [5, 5.41) is 4.71. The minimum absolute atomic E-state index is 0.720. The van der Waals surface area contributed by atoms with Gasteiger partial charge in [0.15, 0.2) is 0 Å². The molecule has 0 atom stereocenters. The smallest absolute Gasteiger partial charge is 0.0469 e. The van der Waals surface area contributed by atoms with Gasteiger partial charge in [0, 0.05) is 23.1 Å². The lowest BCUT2D eigenvalue weighted by Crippen LogP contribution is -2.00. The summed E-state index contributed by atoms with van der Waals surface area (Å²) in [4.78, 5) is 0. The predicted molar refractivity (Wildman–Crippen MR) is 47.0 cm³/mol. The van der Waals surface area contributed by atoms with Crippen molar-refractivity contribution in [3.05, 3.63) is 33.3 Å². The average molecular weight is 188 g/mol. The summed E-state index contributed by atoms with van der Waals surface area (Å²) < 4.78 is 0. The zero-order valence-electron chi connectivity index (χ0n) is 5.82. The fourth-order valence-corrected chi connectivity index (χ4v) is 1.94. The second-order valence-electron chi connectivity index (χ2n) is 2.63. The lowest BCUT2D eigenvalue weighted by molar-refractivity contribution is 0.765. The molecule has 1 aromatic carbocycles. The Balaban J connectivity index is 2.60. The van der Waals surface area contributed by atoms with Crippen LogP contribution in [0.4, 0.5) is 0 Å².